The van der Waals surface area contributed by atoms with Gasteiger partial charge in [-0.3, -0.25) is 4.79 Å². The number of hydrogen-bond donors (Lipinski definition) is 3. The minimum absolute atomic E-state index is 0.239. The number of rotatable bonds is 3. The van der Waals surface area contributed by atoms with E-state index >= 15 is 0 Å². The van der Waals surface area contributed by atoms with E-state index in [9.17, 15) is 19.1 Å². The molecule has 0 bridgehead atoms. The highest BCUT2D eigenvalue weighted by molar-refractivity contribution is 6.00. The SMILES string of the molecule is O=C(NC1(C(=O)O)CCCC1)c1cc2cc(F)ccc2[nH]1. The Balaban J connectivity index is 1.88. The van der Waals surface area contributed by atoms with Crippen molar-refractivity contribution in [2.45, 2.75) is 31.2 Å². The van der Waals surface area contributed by atoms with Crippen LogP contribution in [0.2, 0.25) is 0 Å². The van der Waals surface area contributed by atoms with Gasteiger partial charge in [-0.25, -0.2) is 9.18 Å². The number of carbonyl (C=O) groups is 2. The summed E-state index contributed by atoms with van der Waals surface area (Å²) in [5, 5.41) is 12.6. The van der Waals surface area contributed by atoms with Crippen molar-refractivity contribution < 1.29 is 19.1 Å². The number of H-pyrrole nitrogens is 1. The van der Waals surface area contributed by atoms with Crippen molar-refractivity contribution in [1.29, 1.82) is 0 Å². The normalized spacial score (nSPS) is 17.0. The van der Waals surface area contributed by atoms with Crippen molar-refractivity contribution >= 4 is 22.8 Å². The molecule has 1 fully saturated rings. The lowest BCUT2D eigenvalue weighted by Gasteiger charge is -2.24. The van der Waals surface area contributed by atoms with Gasteiger partial charge in [0.1, 0.15) is 17.1 Å². The number of carbonyl (C=O) groups excluding carboxylic acids is 1. The molecule has 1 aromatic carbocycles. The van der Waals surface area contributed by atoms with Crippen LogP contribution in [0.3, 0.4) is 0 Å². The third-order valence-electron chi connectivity index (χ3n) is 4.05. The maximum atomic E-state index is 13.1. The number of aromatic amines is 1. The summed E-state index contributed by atoms with van der Waals surface area (Å²) in [5.41, 5.74) is -0.305. The van der Waals surface area contributed by atoms with Crippen molar-refractivity contribution in [3.8, 4) is 0 Å². The Morgan fingerprint density at radius 3 is 2.62 bits per heavy atom. The number of benzene rings is 1. The molecule has 0 aliphatic heterocycles. The molecule has 1 aliphatic rings. The summed E-state index contributed by atoms with van der Waals surface area (Å²) in [4.78, 5) is 26.6. The first-order valence-electron chi connectivity index (χ1n) is 6.84. The predicted molar refractivity (Wildman–Crippen MR) is 74.6 cm³/mol. The molecule has 1 aliphatic carbocycles. The molecule has 5 nitrogen and oxygen atoms in total. The van der Waals surface area contributed by atoms with Crippen LogP contribution in [0.5, 0.6) is 0 Å². The molecule has 0 radical (unpaired) electrons. The molecular formula is C15H15FN2O3. The van der Waals surface area contributed by atoms with Crippen LogP contribution in [-0.2, 0) is 4.79 Å². The van der Waals surface area contributed by atoms with Crippen LogP contribution < -0.4 is 5.32 Å². The molecular weight excluding hydrogens is 275 g/mol. The molecule has 1 aromatic heterocycles. The van der Waals surface area contributed by atoms with Gasteiger partial charge in [0.25, 0.3) is 5.91 Å². The van der Waals surface area contributed by atoms with Crippen LogP contribution in [-0.4, -0.2) is 27.5 Å². The summed E-state index contributed by atoms with van der Waals surface area (Å²) in [5.74, 6) is -1.86. The third-order valence-corrected chi connectivity index (χ3v) is 4.05. The minimum atomic E-state index is -1.18. The lowest BCUT2D eigenvalue weighted by Crippen LogP contribution is -2.52. The molecule has 2 aromatic rings. The predicted octanol–water partition coefficient (Wildman–Crippen LogP) is 2.43. The number of halogens is 1. The molecule has 1 heterocycles. The minimum Gasteiger partial charge on any atom is -0.480 e. The van der Waals surface area contributed by atoms with Crippen molar-refractivity contribution in [1.82, 2.24) is 10.3 Å². The van der Waals surface area contributed by atoms with E-state index in [1.165, 1.54) is 18.2 Å². The molecule has 3 rings (SSSR count). The molecule has 1 amide bonds. The largest absolute Gasteiger partial charge is 0.480 e. The lowest BCUT2D eigenvalue weighted by molar-refractivity contribution is -0.144. The Labute approximate surface area is 120 Å². The summed E-state index contributed by atoms with van der Waals surface area (Å²) in [6.07, 6.45) is 2.43. The average Bonchev–Trinajstić information content (AvgIpc) is 3.05. The quantitative estimate of drug-likeness (QED) is 0.812. The van der Waals surface area contributed by atoms with E-state index < -0.39 is 17.4 Å². The number of carboxylic acid groups (broad SMARTS) is 1. The van der Waals surface area contributed by atoms with Crippen molar-refractivity contribution in [3.63, 3.8) is 0 Å². The number of fused-ring (bicyclic) bond motifs is 1. The second-order valence-corrected chi connectivity index (χ2v) is 5.46. The van der Waals surface area contributed by atoms with Crippen molar-refractivity contribution in [3.05, 3.63) is 35.8 Å². The first kappa shape index (κ1) is 13.6. The highest BCUT2D eigenvalue weighted by atomic mass is 19.1. The number of nitrogens with one attached hydrogen (secondary N) is 2. The number of amides is 1. The van der Waals surface area contributed by atoms with Crippen LogP contribution in [0.15, 0.2) is 24.3 Å². The van der Waals surface area contributed by atoms with Crippen LogP contribution in [0.1, 0.15) is 36.2 Å². The molecule has 0 unspecified atom stereocenters. The summed E-state index contributed by atoms with van der Waals surface area (Å²) in [6.45, 7) is 0. The van der Waals surface area contributed by atoms with Crippen molar-refractivity contribution in [2.24, 2.45) is 0 Å². The molecule has 0 saturated heterocycles. The first-order chi connectivity index (χ1) is 10.00. The summed E-state index contributed by atoms with van der Waals surface area (Å²) in [6, 6.07) is 5.70. The summed E-state index contributed by atoms with van der Waals surface area (Å²) in [7, 11) is 0. The topological polar surface area (TPSA) is 82.2 Å². The second kappa shape index (κ2) is 4.87. The molecule has 0 spiro atoms. The van der Waals surface area contributed by atoms with Crippen LogP contribution in [0.4, 0.5) is 4.39 Å². The van der Waals surface area contributed by atoms with E-state index in [2.05, 4.69) is 10.3 Å². The van der Waals surface area contributed by atoms with Gasteiger partial charge in [-0.1, -0.05) is 12.8 Å². The van der Waals surface area contributed by atoms with Crippen LogP contribution in [0, 0.1) is 5.82 Å². The monoisotopic (exact) mass is 290 g/mol. The van der Waals surface area contributed by atoms with E-state index in [1.54, 1.807) is 6.07 Å². The molecule has 0 atom stereocenters. The smallest absolute Gasteiger partial charge is 0.329 e. The number of aromatic nitrogens is 1. The fourth-order valence-corrected chi connectivity index (χ4v) is 2.88. The van der Waals surface area contributed by atoms with Gasteiger partial charge in [-0.05, 0) is 37.1 Å². The van der Waals surface area contributed by atoms with Crippen molar-refractivity contribution in [2.75, 3.05) is 0 Å². The van der Waals surface area contributed by atoms with Gasteiger partial charge in [-0.15, -0.1) is 0 Å². The Kier molecular flexibility index (Phi) is 3.16. The summed E-state index contributed by atoms with van der Waals surface area (Å²) < 4.78 is 13.1. The molecule has 21 heavy (non-hydrogen) atoms. The van der Waals surface area contributed by atoms with Crippen LogP contribution >= 0.6 is 0 Å². The average molecular weight is 290 g/mol. The van der Waals surface area contributed by atoms with Gasteiger partial charge in [-0.2, -0.15) is 0 Å². The lowest BCUT2D eigenvalue weighted by atomic mass is 9.97. The Morgan fingerprint density at radius 2 is 1.95 bits per heavy atom. The second-order valence-electron chi connectivity index (χ2n) is 5.46. The fraction of sp³-hybridized carbons (Fsp3) is 0.333. The van der Waals surface area contributed by atoms with Gasteiger partial charge in [0.05, 0.1) is 0 Å². The molecule has 1 saturated carbocycles. The van der Waals surface area contributed by atoms with E-state index in [0.717, 1.165) is 12.8 Å². The van der Waals surface area contributed by atoms with Gasteiger partial charge >= 0.3 is 5.97 Å². The number of hydrogen-bond acceptors (Lipinski definition) is 2. The van der Waals surface area contributed by atoms with E-state index in [0.29, 0.717) is 23.7 Å². The Morgan fingerprint density at radius 1 is 1.24 bits per heavy atom. The molecule has 110 valence electrons. The van der Waals surface area contributed by atoms with E-state index in [1.807, 2.05) is 0 Å². The van der Waals surface area contributed by atoms with Gasteiger partial charge in [0.15, 0.2) is 0 Å². The zero-order valence-corrected chi connectivity index (χ0v) is 11.3. The van der Waals surface area contributed by atoms with Gasteiger partial charge in [0, 0.05) is 10.9 Å². The maximum Gasteiger partial charge on any atom is 0.329 e. The number of aliphatic carboxylic acids is 1. The Hall–Kier alpha value is -2.37. The molecule has 6 heteroatoms. The highest BCUT2D eigenvalue weighted by Crippen LogP contribution is 2.30. The third kappa shape index (κ3) is 2.37. The number of carboxylic acids is 1. The van der Waals surface area contributed by atoms with Crippen LogP contribution in [0.25, 0.3) is 10.9 Å². The van der Waals surface area contributed by atoms with Gasteiger partial charge < -0.3 is 15.4 Å². The van der Waals surface area contributed by atoms with Gasteiger partial charge in [0.2, 0.25) is 0 Å². The summed E-state index contributed by atoms with van der Waals surface area (Å²) >= 11 is 0. The fourth-order valence-electron chi connectivity index (χ4n) is 2.88. The molecule has 3 N–H and O–H groups in total. The zero-order valence-electron chi connectivity index (χ0n) is 11.3. The Bertz CT molecular complexity index is 717. The van der Waals surface area contributed by atoms with E-state index in [-0.39, 0.29) is 11.5 Å². The van der Waals surface area contributed by atoms with E-state index in [4.69, 9.17) is 0 Å². The highest BCUT2D eigenvalue weighted by Gasteiger charge is 2.42. The first-order valence-corrected chi connectivity index (χ1v) is 6.84. The standard InChI is InChI=1S/C15H15FN2O3/c16-10-3-4-11-9(7-10)8-12(17-11)13(19)18-15(14(20)21)5-1-2-6-15/h3-4,7-8,17H,1-2,5-6H2,(H,18,19)(H,20,21). The zero-order chi connectivity index (χ0) is 15.0. The maximum absolute atomic E-state index is 13.1.